The Kier molecular flexibility index (Phi) is 9.59. The molecule has 0 radical (unpaired) electrons. The number of carbonyl (C=O) groups is 2. The molecule has 8 heteroatoms. The third-order valence-electron chi connectivity index (χ3n) is 5.75. The molecule has 3 aromatic carbocycles. The molecule has 1 atom stereocenters. The number of amides is 2. The van der Waals surface area contributed by atoms with E-state index in [1.165, 1.54) is 11.0 Å². The predicted molar refractivity (Wildman–Crippen MR) is 141 cm³/mol. The van der Waals surface area contributed by atoms with E-state index in [9.17, 15) is 19.7 Å². The van der Waals surface area contributed by atoms with Gasteiger partial charge in [0.2, 0.25) is 11.8 Å². The molecular formula is C28H30ClN3O4. The minimum atomic E-state index is -0.808. The van der Waals surface area contributed by atoms with Crippen LogP contribution in [0.3, 0.4) is 0 Å². The van der Waals surface area contributed by atoms with E-state index >= 15 is 0 Å². The highest BCUT2D eigenvalue weighted by Crippen LogP contribution is 2.22. The lowest BCUT2D eigenvalue weighted by molar-refractivity contribution is -0.385. The van der Waals surface area contributed by atoms with Gasteiger partial charge in [-0.25, -0.2) is 0 Å². The molecule has 1 N–H and O–H groups in total. The lowest BCUT2D eigenvalue weighted by Gasteiger charge is -2.32. The Morgan fingerprint density at radius 2 is 1.58 bits per heavy atom. The molecule has 2 amide bonds. The van der Waals surface area contributed by atoms with Crippen LogP contribution in [-0.4, -0.2) is 34.2 Å². The van der Waals surface area contributed by atoms with Crippen molar-refractivity contribution in [1.29, 1.82) is 0 Å². The summed E-state index contributed by atoms with van der Waals surface area (Å²) in [6, 6.07) is 21.9. The maximum Gasteiger partial charge on any atom is 0.273 e. The summed E-state index contributed by atoms with van der Waals surface area (Å²) in [5, 5.41) is 15.1. The topological polar surface area (TPSA) is 92.6 Å². The Labute approximate surface area is 216 Å². The van der Waals surface area contributed by atoms with Gasteiger partial charge in [-0.1, -0.05) is 86.1 Å². The molecule has 188 valence electrons. The summed E-state index contributed by atoms with van der Waals surface area (Å²) >= 11 is 6.05. The highest BCUT2D eigenvalue weighted by molar-refractivity contribution is 6.30. The second kappa shape index (κ2) is 12.8. The van der Waals surface area contributed by atoms with Crippen molar-refractivity contribution in [1.82, 2.24) is 10.2 Å². The number of nitrogens with zero attached hydrogens (tertiary/aromatic N) is 2. The zero-order valence-corrected chi connectivity index (χ0v) is 21.1. The summed E-state index contributed by atoms with van der Waals surface area (Å²) in [5.74, 6) is -0.406. The Morgan fingerprint density at radius 3 is 2.22 bits per heavy atom. The predicted octanol–water partition coefficient (Wildman–Crippen LogP) is 5.20. The quantitative estimate of drug-likeness (QED) is 0.285. The van der Waals surface area contributed by atoms with Crippen molar-refractivity contribution in [3.8, 4) is 0 Å². The first-order chi connectivity index (χ1) is 17.2. The number of halogens is 1. The Balaban J connectivity index is 1.99. The van der Waals surface area contributed by atoms with Gasteiger partial charge in [0.15, 0.2) is 0 Å². The number of nitro benzene ring substituents is 1. The van der Waals surface area contributed by atoms with Gasteiger partial charge in [0.25, 0.3) is 5.69 Å². The van der Waals surface area contributed by atoms with E-state index in [0.29, 0.717) is 23.6 Å². The first-order valence-electron chi connectivity index (χ1n) is 11.8. The second-order valence-electron chi connectivity index (χ2n) is 9.06. The van der Waals surface area contributed by atoms with Gasteiger partial charge < -0.3 is 10.2 Å². The van der Waals surface area contributed by atoms with Gasteiger partial charge >= 0.3 is 0 Å². The molecule has 3 aromatic rings. The number of hydrogen-bond acceptors (Lipinski definition) is 4. The molecular weight excluding hydrogens is 478 g/mol. The molecule has 36 heavy (non-hydrogen) atoms. The molecule has 0 aliphatic heterocycles. The van der Waals surface area contributed by atoms with Crippen molar-refractivity contribution in [3.05, 3.63) is 111 Å². The highest BCUT2D eigenvalue weighted by atomic mass is 35.5. The Morgan fingerprint density at radius 1 is 0.944 bits per heavy atom. The fraction of sp³-hybridized carbons (Fsp3) is 0.286. The van der Waals surface area contributed by atoms with Gasteiger partial charge in [-0.2, -0.15) is 0 Å². The van der Waals surface area contributed by atoms with Crippen LogP contribution in [-0.2, 0) is 29.0 Å². The number of rotatable bonds is 11. The zero-order chi connectivity index (χ0) is 26.1. The molecule has 0 saturated carbocycles. The van der Waals surface area contributed by atoms with Crippen molar-refractivity contribution in [2.75, 3.05) is 6.54 Å². The monoisotopic (exact) mass is 507 g/mol. The van der Waals surface area contributed by atoms with Crippen LogP contribution in [0.15, 0.2) is 78.9 Å². The maximum atomic E-state index is 13.7. The van der Waals surface area contributed by atoms with Crippen molar-refractivity contribution < 1.29 is 14.5 Å². The molecule has 0 bridgehead atoms. The van der Waals surface area contributed by atoms with Crippen molar-refractivity contribution in [2.45, 2.75) is 39.3 Å². The number of carbonyl (C=O) groups excluding carboxylic acids is 2. The van der Waals surface area contributed by atoms with Gasteiger partial charge in [0, 0.05) is 36.2 Å². The normalized spacial score (nSPS) is 11.7. The van der Waals surface area contributed by atoms with Crippen molar-refractivity contribution >= 4 is 29.1 Å². The molecule has 0 spiro atoms. The minimum Gasteiger partial charge on any atom is -0.354 e. The van der Waals surface area contributed by atoms with Crippen LogP contribution < -0.4 is 5.32 Å². The maximum absolute atomic E-state index is 13.7. The Bertz CT molecular complexity index is 1180. The van der Waals surface area contributed by atoms with Crippen LogP contribution in [0.5, 0.6) is 0 Å². The molecule has 0 aliphatic rings. The van der Waals surface area contributed by atoms with Gasteiger partial charge in [0.1, 0.15) is 6.04 Å². The van der Waals surface area contributed by atoms with Gasteiger partial charge in [-0.05, 0) is 29.2 Å². The van der Waals surface area contributed by atoms with E-state index in [2.05, 4.69) is 5.32 Å². The van der Waals surface area contributed by atoms with Crippen LogP contribution in [0.1, 0.15) is 30.5 Å². The first kappa shape index (κ1) is 26.9. The lowest BCUT2D eigenvalue weighted by atomic mass is 10.0. The number of benzene rings is 3. The number of nitrogens with one attached hydrogen (secondary N) is 1. The molecule has 0 saturated heterocycles. The standard InChI is InChI=1S/C28H30ClN3O4/c1-20(2)18-30-28(34)26(16-21-8-4-3-5-9-21)31(19-22-12-14-24(29)15-13-22)27(33)17-23-10-6-7-11-25(23)32(35)36/h3-15,20,26H,16-19H2,1-2H3,(H,30,34). The van der Waals surface area contributed by atoms with Crippen LogP contribution >= 0.6 is 11.6 Å². The van der Waals surface area contributed by atoms with E-state index in [0.717, 1.165) is 11.1 Å². The fourth-order valence-corrected chi connectivity index (χ4v) is 3.99. The molecule has 3 rings (SSSR count). The van der Waals surface area contributed by atoms with E-state index in [1.54, 1.807) is 42.5 Å². The summed E-state index contributed by atoms with van der Waals surface area (Å²) in [7, 11) is 0. The van der Waals surface area contributed by atoms with E-state index in [1.807, 2.05) is 44.2 Å². The summed E-state index contributed by atoms with van der Waals surface area (Å²) in [6.45, 7) is 4.62. The van der Waals surface area contributed by atoms with Crippen LogP contribution in [0.25, 0.3) is 0 Å². The summed E-state index contributed by atoms with van der Waals surface area (Å²) in [5.41, 5.74) is 1.88. The van der Waals surface area contributed by atoms with Crippen LogP contribution in [0.2, 0.25) is 5.02 Å². The van der Waals surface area contributed by atoms with Crippen molar-refractivity contribution in [3.63, 3.8) is 0 Å². The average Bonchev–Trinajstić information content (AvgIpc) is 2.86. The average molecular weight is 508 g/mol. The second-order valence-corrected chi connectivity index (χ2v) is 9.49. The van der Waals surface area contributed by atoms with Crippen LogP contribution in [0.4, 0.5) is 5.69 Å². The van der Waals surface area contributed by atoms with E-state index in [-0.39, 0.29) is 36.4 Å². The largest absolute Gasteiger partial charge is 0.354 e. The van der Waals surface area contributed by atoms with Crippen molar-refractivity contribution in [2.24, 2.45) is 5.92 Å². The third kappa shape index (κ3) is 7.65. The summed E-state index contributed by atoms with van der Waals surface area (Å²) < 4.78 is 0. The number of para-hydroxylation sites is 1. The minimum absolute atomic E-state index is 0.124. The lowest BCUT2D eigenvalue weighted by Crippen LogP contribution is -2.51. The summed E-state index contributed by atoms with van der Waals surface area (Å²) in [6.07, 6.45) is 0.106. The third-order valence-corrected chi connectivity index (χ3v) is 6.00. The molecule has 0 aliphatic carbocycles. The summed E-state index contributed by atoms with van der Waals surface area (Å²) in [4.78, 5) is 39.7. The first-order valence-corrected chi connectivity index (χ1v) is 12.2. The number of nitro groups is 1. The molecule has 0 heterocycles. The SMILES string of the molecule is CC(C)CNC(=O)C(Cc1ccccc1)N(Cc1ccc(Cl)cc1)C(=O)Cc1ccccc1[N+](=O)[O-]. The Hall–Kier alpha value is -3.71. The van der Waals surface area contributed by atoms with E-state index in [4.69, 9.17) is 11.6 Å². The molecule has 0 fully saturated rings. The zero-order valence-electron chi connectivity index (χ0n) is 20.4. The van der Waals surface area contributed by atoms with Gasteiger partial charge in [0.05, 0.1) is 11.3 Å². The highest BCUT2D eigenvalue weighted by Gasteiger charge is 2.31. The van der Waals surface area contributed by atoms with Gasteiger partial charge in [-0.15, -0.1) is 0 Å². The van der Waals surface area contributed by atoms with Crippen LogP contribution in [0, 0.1) is 16.0 Å². The molecule has 7 nitrogen and oxygen atoms in total. The molecule has 0 aromatic heterocycles. The van der Waals surface area contributed by atoms with Gasteiger partial charge in [-0.3, -0.25) is 19.7 Å². The van der Waals surface area contributed by atoms with E-state index < -0.39 is 11.0 Å². The number of hydrogen-bond donors (Lipinski definition) is 1. The fourth-order valence-electron chi connectivity index (χ4n) is 3.87. The smallest absolute Gasteiger partial charge is 0.273 e. The molecule has 1 unspecified atom stereocenters.